The topological polar surface area (TPSA) is 92.8 Å². The Labute approximate surface area is 261 Å². The van der Waals surface area contributed by atoms with Crippen molar-refractivity contribution in [2.75, 3.05) is 37.3 Å². The molecule has 1 amide bonds. The summed E-state index contributed by atoms with van der Waals surface area (Å²) in [5.41, 5.74) is 3.78. The Morgan fingerprint density at radius 2 is 1.86 bits per heavy atom. The van der Waals surface area contributed by atoms with Crippen LogP contribution in [0.3, 0.4) is 0 Å². The SMILES string of the molecule is COC(=O)[C@H](CCSC)NC(=O)c1ccc(CN(CCC2CCCCC2)S(=O)(=O)CCCCl)cc1-c1ccccc1C. The molecule has 1 aliphatic carbocycles. The van der Waals surface area contributed by atoms with Gasteiger partial charge in [-0.1, -0.05) is 62.4 Å². The molecule has 1 atom stereocenters. The van der Waals surface area contributed by atoms with Crippen molar-refractivity contribution in [2.24, 2.45) is 5.92 Å². The minimum atomic E-state index is -3.52. The number of carbonyl (C=O) groups excluding carboxylic acids is 2. The predicted octanol–water partition coefficient (Wildman–Crippen LogP) is 6.42. The Morgan fingerprint density at radius 1 is 1.12 bits per heavy atom. The number of methoxy groups -OCH3 is 1. The van der Waals surface area contributed by atoms with Gasteiger partial charge in [0.15, 0.2) is 0 Å². The molecule has 0 saturated heterocycles. The predicted molar refractivity (Wildman–Crippen MR) is 174 cm³/mol. The third kappa shape index (κ3) is 10.00. The zero-order valence-electron chi connectivity index (χ0n) is 25.1. The number of thioether (sulfide) groups is 1. The number of carbonyl (C=O) groups is 2. The Kier molecular flexibility index (Phi) is 14.2. The second kappa shape index (κ2) is 17.3. The summed E-state index contributed by atoms with van der Waals surface area (Å²) in [6.07, 6.45) is 9.62. The summed E-state index contributed by atoms with van der Waals surface area (Å²) in [5.74, 6) is 0.685. The maximum Gasteiger partial charge on any atom is 0.328 e. The van der Waals surface area contributed by atoms with E-state index in [0.29, 0.717) is 48.1 Å². The van der Waals surface area contributed by atoms with E-state index in [2.05, 4.69) is 5.32 Å². The monoisotopic (exact) mass is 636 g/mol. The summed E-state index contributed by atoms with van der Waals surface area (Å²) in [6, 6.07) is 12.5. The number of ether oxygens (including phenoxy) is 1. The molecule has 0 aromatic heterocycles. The van der Waals surface area contributed by atoms with Gasteiger partial charge in [0.2, 0.25) is 10.0 Å². The van der Waals surface area contributed by atoms with Gasteiger partial charge in [0, 0.05) is 24.5 Å². The van der Waals surface area contributed by atoms with Crippen LogP contribution >= 0.6 is 23.4 Å². The second-order valence-electron chi connectivity index (χ2n) is 11.0. The molecule has 1 fully saturated rings. The number of nitrogens with one attached hydrogen (secondary N) is 1. The normalized spacial score (nSPS) is 15.0. The molecule has 0 heterocycles. The van der Waals surface area contributed by atoms with E-state index in [1.54, 1.807) is 22.1 Å². The summed E-state index contributed by atoms with van der Waals surface area (Å²) in [7, 11) is -2.20. The molecule has 0 bridgehead atoms. The number of hydrogen-bond donors (Lipinski definition) is 1. The van der Waals surface area contributed by atoms with Crippen molar-refractivity contribution in [1.29, 1.82) is 0 Å². The van der Waals surface area contributed by atoms with Crippen LogP contribution in [0.25, 0.3) is 11.1 Å². The van der Waals surface area contributed by atoms with E-state index in [1.165, 1.54) is 26.4 Å². The Balaban J connectivity index is 1.95. The van der Waals surface area contributed by atoms with E-state index in [0.717, 1.165) is 36.0 Å². The highest BCUT2D eigenvalue weighted by Crippen LogP contribution is 2.30. The number of amides is 1. The van der Waals surface area contributed by atoms with Gasteiger partial charge < -0.3 is 10.1 Å². The van der Waals surface area contributed by atoms with Gasteiger partial charge in [-0.05, 0) is 78.5 Å². The van der Waals surface area contributed by atoms with Crippen molar-refractivity contribution in [3.8, 4) is 11.1 Å². The van der Waals surface area contributed by atoms with Gasteiger partial charge in [0.1, 0.15) is 6.04 Å². The Hall–Kier alpha value is -2.07. The molecule has 3 rings (SSSR count). The lowest BCUT2D eigenvalue weighted by Gasteiger charge is -2.27. The Bertz CT molecular complexity index is 1280. The molecular weight excluding hydrogens is 592 g/mol. The number of aryl methyl sites for hydroxylation is 1. The van der Waals surface area contributed by atoms with Gasteiger partial charge in [0.05, 0.1) is 12.9 Å². The zero-order valence-corrected chi connectivity index (χ0v) is 27.5. The molecule has 0 spiro atoms. The van der Waals surface area contributed by atoms with Crippen LogP contribution in [0.15, 0.2) is 42.5 Å². The standard InChI is InChI=1S/C32H45ClN2O5S2/c1-24-10-7-8-13-27(24)29-22-26(14-15-28(29)31(36)34-30(17-20-41-3)32(37)40-2)23-35(42(38,39)21-9-18-33)19-16-25-11-5-4-6-12-25/h7-8,10,13-15,22,25,30H,4-6,9,11-12,16-21,23H2,1-3H3,(H,34,36)/t30-/m0/s1. The fraction of sp³-hybridized carbons (Fsp3) is 0.562. The maximum atomic E-state index is 13.6. The highest BCUT2D eigenvalue weighted by Gasteiger charge is 2.26. The van der Waals surface area contributed by atoms with Crippen LogP contribution in [0.5, 0.6) is 0 Å². The fourth-order valence-corrected chi connectivity index (χ4v) is 7.80. The van der Waals surface area contributed by atoms with Gasteiger partial charge >= 0.3 is 5.97 Å². The summed E-state index contributed by atoms with van der Waals surface area (Å²) in [4.78, 5) is 26.0. The number of benzene rings is 2. The lowest BCUT2D eigenvalue weighted by molar-refractivity contribution is -0.142. The van der Waals surface area contributed by atoms with Gasteiger partial charge in [-0.25, -0.2) is 13.2 Å². The zero-order chi connectivity index (χ0) is 30.5. The van der Waals surface area contributed by atoms with Crippen molar-refractivity contribution in [2.45, 2.75) is 70.9 Å². The Morgan fingerprint density at radius 3 is 2.52 bits per heavy atom. The molecule has 7 nitrogen and oxygen atoms in total. The third-order valence-electron chi connectivity index (χ3n) is 7.97. The van der Waals surface area contributed by atoms with E-state index < -0.39 is 22.0 Å². The van der Waals surface area contributed by atoms with Crippen LogP contribution in [-0.2, 0) is 26.1 Å². The molecule has 0 radical (unpaired) electrons. The van der Waals surface area contributed by atoms with Crippen molar-refractivity contribution in [3.63, 3.8) is 0 Å². The highest BCUT2D eigenvalue weighted by atomic mass is 35.5. The molecule has 2 aromatic rings. The van der Waals surface area contributed by atoms with Crippen LogP contribution in [0.1, 0.15) is 72.9 Å². The van der Waals surface area contributed by atoms with Crippen molar-refractivity contribution in [3.05, 3.63) is 59.2 Å². The number of hydrogen-bond acceptors (Lipinski definition) is 6. The molecule has 10 heteroatoms. The number of alkyl halides is 1. The molecule has 0 aliphatic heterocycles. The lowest BCUT2D eigenvalue weighted by atomic mass is 9.87. The molecule has 0 unspecified atom stereocenters. The van der Waals surface area contributed by atoms with Gasteiger partial charge in [-0.3, -0.25) is 4.79 Å². The van der Waals surface area contributed by atoms with Gasteiger partial charge in [-0.2, -0.15) is 16.1 Å². The minimum Gasteiger partial charge on any atom is -0.467 e. The van der Waals surface area contributed by atoms with Crippen molar-refractivity contribution < 1.29 is 22.7 Å². The highest BCUT2D eigenvalue weighted by molar-refractivity contribution is 7.98. The number of esters is 1. The molecule has 42 heavy (non-hydrogen) atoms. The first-order chi connectivity index (χ1) is 20.2. The molecule has 2 aromatic carbocycles. The van der Waals surface area contributed by atoms with Crippen LogP contribution in [0.2, 0.25) is 0 Å². The lowest BCUT2D eigenvalue weighted by Crippen LogP contribution is -2.42. The summed E-state index contributed by atoms with van der Waals surface area (Å²) < 4.78 is 33.4. The van der Waals surface area contributed by atoms with E-state index in [9.17, 15) is 18.0 Å². The maximum absolute atomic E-state index is 13.6. The molecule has 1 saturated carbocycles. The average Bonchev–Trinajstić information content (AvgIpc) is 3.00. The quantitative estimate of drug-likeness (QED) is 0.169. The summed E-state index contributed by atoms with van der Waals surface area (Å²) in [6.45, 7) is 2.66. The first-order valence-corrected chi connectivity index (χ1v) is 18.3. The van der Waals surface area contributed by atoms with E-state index in [-0.39, 0.29) is 18.2 Å². The third-order valence-corrected chi connectivity index (χ3v) is 10.8. The first kappa shape index (κ1) is 34.4. The molecule has 1 N–H and O–H groups in total. The van der Waals surface area contributed by atoms with E-state index in [1.807, 2.05) is 49.6 Å². The average molecular weight is 637 g/mol. The van der Waals surface area contributed by atoms with Crippen LogP contribution in [0, 0.1) is 12.8 Å². The fourth-order valence-electron chi connectivity index (χ4n) is 5.54. The number of sulfonamides is 1. The van der Waals surface area contributed by atoms with E-state index in [4.69, 9.17) is 16.3 Å². The van der Waals surface area contributed by atoms with Crippen molar-refractivity contribution >= 4 is 45.3 Å². The summed E-state index contributed by atoms with van der Waals surface area (Å²) in [5, 5.41) is 2.87. The van der Waals surface area contributed by atoms with Crippen LogP contribution in [-0.4, -0.2) is 67.9 Å². The number of halogens is 1. The van der Waals surface area contributed by atoms with Crippen LogP contribution in [0.4, 0.5) is 0 Å². The van der Waals surface area contributed by atoms with Gasteiger partial charge in [-0.15, -0.1) is 11.6 Å². The number of nitrogens with zero attached hydrogens (tertiary/aromatic N) is 1. The summed E-state index contributed by atoms with van der Waals surface area (Å²) >= 11 is 7.45. The second-order valence-corrected chi connectivity index (χ2v) is 14.5. The molecular formula is C32H45ClN2O5S2. The van der Waals surface area contributed by atoms with Crippen molar-refractivity contribution in [1.82, 2.24) is 9.62 Å². The smallest absolute Gasteiger partial charge is 0.328 e. The first-order valence-electron chi connectivity index (χ1n) is 14.8. The molecule has 1 aliphatic rings. The van der Waals surface area contributed by atoms with E-state index >= 15 is 0 Å². The van der Waals surface area contributed by atoms with Gasteiger partial charge in [0.25, 0.3) is 5.91 Å². The van der Waals surface area contributed by atoms with Crippen LogP contribution < -0.4 is 5.32 Å². The number of rotatable bonds is 16. The molecule has 232 valence electrons. The largest absolute Gasteiger partial charge is 0.467 e. The minimum absolute atomic E-state index is 0.0112.